The van der Waals surface area contributed by atoms with E-state index in [4.69, 9.17) is 0 Å². The Balaban J connectivity index is 0.00000338. The zero-order chi connectivity index (χ0) is 18.0. The lowest BCUT2D eigenvalue weighted by Gasteiger charge is -2.34. The molecule has 2 N–H and O–H groups in total. The maximum absolute atomic E-state index is 4.40. The fourth-order valence-electron chi connectivity index (χ4n) is 4.27. The highest BCUT2D eigenvalue weighted by molar-refractivity contribution is 14.0. The fourth-order valence-corrected chi connectivity index (χ4v) is 4.27. The summed E-state index contributed by atoms with van der Waals surface area (Å²) in [7, 11) is 1.88. The number of likely N-dealkylation sites (N-methyl/N-ethyl adjacent to an activating group) is 1. The Bertz CT molecular complexity index is 388. The van der Waals surface area contributed by atoms with Crippen molar-refractivity contribution >= 4 is 29.9 Å². The summed E-state index contributed by atoms with van der Waals surface area (Å²) < 4.78 is 0. The topological polar surface area (TPSA) is 42.9 Å². The summed E-state index contributed by atoms with van der Waals surface area (Å²) in [5.74, 6) is 0.983. The van der Waals surface area contributed by atoms with Gasteiger partial charge in [0.2, 0.25) is 0 Å². The SMILES string of the molecule is CCN1CCN(CCCCNC(=NC)NCC2(CC)CCCC2)CC1.I. The molecule has 0 radical (unpaired) electrons. The van der Waals surface area contributed by atoms with Crippen LogP contribution in [-0.4, -0.2) is 75.2 Å². The highest BCUT2D eigenvalue weighted by Crippen LogP contribution is 2.40. The number of hydrogen-bond donors (Lipinski definition) is 2. The number of guanidine groups is 1. The van der Waals surface area contributed by atoms with E-state index in [0.717, 1.165) is 19.0 Å². The molecule has 1 saturated carbocycles. The number of nitrogens with one attached hydrogen (secondary N) is 2. The number of piperazine rings is 1. The number of aliphatic imine (C=N–C) groups is 1. The Labute approximate surface area is 178 Å². The van der Waals surface area contributed by atoms with E-state index in [9.17, 15) is 0 Å². The van der Waals surface area contributed by atoms with Crippen molar-refractivity contribution in [1.82, 2.24) is 20.4 Å². The number of rotatable bonds is 9. The molecule has 0 unspecified atom stereocenters. The lowest BCUT2D eigenvalue weighted by atomic mass is 9.83. The third-order valence-electron chi connectivity index (χ3n) is 6.37. The Morgan fingerprint density at radius 1 is 0.962 bits per heavy atom. The summed E-state index contributed by atoms with van der Waals surface area (Å²) >= 11 is 0. The van der Waals surface area contributed by atoms with E-state index in [0.29, 0.717) is 5.41 Å². The van der Waals surface area contributed by atoms with E-state index in [1.165, 1.54) is 84.2 Å². The minimum absolute atomic E-state index is 0. The Morgan fingerprint density at radius 3 is 2.19 bits per heavy atom. The molecule has 0 aromatic rings. The van der Waals surface area contributed by atoms with Gasteiger partial charge in [-0.15, -0.1) is 24.0 Å². The molecule has 5 nitrogen and oxygen atoms in total. The van der Waals surface area contributed by atoms with Crippen molar-refractivity contribution in [3.63, 3.8) is 0 Å². The first-order valence-corrected chi connectivity index (χ1v) is 10.6. The van der Waals surface area contributed by atoms with Crippen molar-refractivity contribution in [1.29, 1.82) is 0 Å². The van der Waals surface area contributed by atoms with Crippen LogP contribution in [0.1, 0.15) is 58.8 Å². The zero-order valence-electron chi connectivity index (χ0n) is 17.4. The molecule has 0 amide bonds. The average molecular weight is 479 g/mol. The largest absolute Gasteiger partial charge is 0.356 e. The van der Waals surface area contributed by atoms with Gasteiger partial charge in [0.25, 0.3) is 0 Å². The van der Waals surface area contributed by atoms with Gasteiger partial charge in [-0.3, -0.25) is 4.99 Å². The summed E-state index contributed by atoms with van der Waals surface area (Å²) in [6.07, 6.45) is 9.31. The van der Waals surface area contributed by atoms with E-state index in [-0.39, 0.29) is 24.0 Å². The van der Waals surface area contributed by atoms with Crippen LogP contribution in [0.4, 0.5) is 0 Å². The average Bonchev–Trinajstić information content (AvgIpc) is 3.14. The molecule has 1 aliphatic carbocycles. The normalized spacial score (nSPS) is 21.4. The molecule has 0 spiro atoms. The van der Waals surface area contributed by atoms with Crippen molar-refractivity contribution in [2.24, 2.45) is 10.4 Å². The summed E-state index contributed by atoms with van der Waals surface area (Å²) in [6.45, 7) is 14.1. The van der Waals surface area contributed by atoms with Crippen molar-refractivity contribution in [3.05, 3.63) is 0 Å². The van der Waals surface area contributed by atoms with Gasteiger partial charge in [-0.2, -0.15) is 0 Å². The van der Waals surface area contributed by atoms with Gasteiger partial charge in [0.05, 0.1) is 0 Å². The first kappa shape index (κ1) is 24.0. The first-order chi connectivity index (χ1) is 12.2. The molecule has 2 aliphatic rings. The summed E-state index contributed by atoms with van der Waals surface area (Å²) in [5, 5.41) is 7.08. The van der Waals surface area contributed by atoms with Crippen LogP contribution in [0.5, 0.6) is 0 Å². The lowest BCUT2D eigenvalue weighted by Crippen LogP contribution is -2.46. The molecule has 26 heavy (non-hydrogen) atoms. The van der Waals surface area contributed by atoms with E-state index in [2.05, 4.69) is 39.3 Å². The number of nitrogens with zero attached hydrogens (tertiary/aromatic N) is 3. The van der Waals surface area contributed by atoms with E-state index in [1.807, 2.05) is 7.05 Å². The maximum atomic E-state index is 4.40. The van der Waals surface area contributed by atoms with Crippen LogP contribution in [0.3, 0.4) is 0 Å². The van der Waals surface area contributed by atoms with Gasteiger partial charge in [0.15, 0.2) is 5.96 Å². The second-order valence-electron chi connectivity index (χ2n) is 7.90. The fraction of sp³-hybridized carbons (Fsp3) is 0.950. The van der Waals surface area contributed by atoms with Crippen molar-refractivity contribution in [3.8, 4) is 0 Å². The zero-order valence-corrected chi connectivity index (χ0v) is 19.7. The highest BCUT2D eigenvalue weighted by Gasteiger charge is 2.31. The molecule has 1 aliphatic heterocycles. The first-order valence-electron chi connectivity index (χ1n) is 10.6. The van der Waals surface area contributed by atoms with E-state index in [1.54, 1.807) is 0 Å². The molecule has 1 heterocycles. The minimum Gasteiger partial charge on any atom is -0.356 e. The molecule has 2 rings (SSSR count). The molecular weight excluding hydrogens is 437 g/mol. The van der Waals surface area contributed by atoms with E-state index < -0.39 is 0 Å². The lowest BCUT2D eigenvalue weighted by molar-refractivity contribution is 0.136. The minimum atomic E-state index is 0. The van der Waals surface area contributed by atoms with Crippen LogP contribution in [0.2, 0.25) is 0 Å². The van der Waals surface area contributed by atoms with Crippen LogP contribution in [0.15, 0.2) is 4.99 Å². The highest BCUT2D eigenvalue weighted by atomic mass is 127. The molecule has 6 heteroatoms. The smallest absolute Gasteiger partial charge is 0.190 e. The third-order valence-corrected chi connectivity index (χ3v) is 6.37. The van der Waals surface area contributed by atoms with Gasteiger partial charge < -0.3 is 20.4 Å². The van der Waals surface area contributed by atoms with Crippen molar-refractivity contribution in [2.45, 2.75) is 58.8 Å². The third kappa shape index (κ3) is 7.89. The van der Waals surface area contributed by atoms with Crippen molar-refractivity contribution in [2.75, 3.05) is 59.4 Å². The van der Waals surface area contributed by atoms with Crippen LogP contribution < -0.4 is 10.6 Å². The van der Waals surface area contributed by atoms with Gasteiger partial charge >= 0.3 is 0 Å². The quantitative estimate of drug-likeness (QED) is 0.231. The van der Waals surface area contributed by atoms with Crippen molar-refractivity contribution < 1.29 is 0 Å². The van der Waals surface area contributed by atoms with Crippen LogP contribution in [-0.2, 0) is 0 Å². The van der Waals surface area contributed by atoms with Gasteiger partial charge in [0, 0.05) is 46.3 Å². The standard InChI is InChI=1S/C20H41N5.HI/c1-4-20(10-6-7-11-20)18-23-19(21-3)22-12-8-9-13-25-16-14-24(5-2)15-17-25;/h4-18H2,1-3H3,(H2,21,22,23);1H. The van der Waals surface area contributed by atoms with Crippen LogP contribution >= 0.6 is 24.0 Å². The molecular formula is C20H42IN5. The molecule has 2 fully saturated rings. The van der Waals surface area contributed by atoms with Gasteiger partial charge in [-0.25, -0.2) is 0 Å². The van der Waals surface area contributed by atoms with Gasteiger partial charge in [-0.05, 0) is 50.6 Å². The number of unbranched alkanes of at least 4 members (excludes halogenated alkanes) is 1. The summed E-state index contributed by atoms with van der Waals surface area (Å²) in [6, 6.07) is 0. The number of hydrogen-bond acceptors (Lipinski definition) is 3. The number of halogens is 1. The molecule has 0 aromatic carbocycles. The molecule has 154 valence electrons. The monoisotopic (exact) mass is 479 g/mol. The Morgan fingerprint density at radius 2 is 1.62 bits per heavy atom. The van der Waals surface area contributed by atoms with Gasteiger partial charge in [0.1, 0.15) is 0 Å². The Kier molecular flexibility index (Phi) is 12.1. The molecule has 0 atom stereocenters. The molecule has 0 aromatic heterocycles. The molecule has 1 saturated heterocycles. The van der Waals surface area contributed by atoms with E-state index >= 15 is 0 Å². The van der Waals surface area contributed by atoms with Gasteiger partial charge in [-0.1, -0.05) is 26.7 Å². The Hall–Kier alpha value is -0.0800. The second kappa shape index (κ2) is 13.2. The predicted molar refractivity (Wildman–Crippen MR) is 124 cm³/mol. The summed E-state index contributed by atoms with van der Waals surface area (Å²) in [5.41, 5.74) is 0.512. The maximum Gasteiger partial charge on any atom is 0.190 e. The summed E-state index contributed by atoms with van der Waals surface area (Å²) in [4.78, 5) is 9.56. The van der Waals surface area contributed by atoms with Crippen LogP contribution in [0.25, 0.3) is 0 Å². The molecule has 0 bridgehead atoms. The predicted octanol–water partition coefficient (Wildman–Crippen LogP) is 3.16. The van der Waals surface area contributed by atoms with Crippen LogP contribution in [0, 0.1) is 5.41 Å². The second-order valence-corrected chi connectivity index (χ2v) is 7.90.